The first-order valence-corrected chi connectivity index (χ1v) is 8.20. The summed E-state index contributed by atoms with van der Waals surface area (Å²) in [6.45, 7) is 3.89. The summed E-state index contributed by atoms with van der Waals surface area (Å²) < 4.78 is 11.4. The number of rotatable bonds is 7. The van der Waals surface area contributed by atoms with Crippen molar-refractivity contribution in [3.05, 3.63) is 71.1 Å². The number of halogens is 1. The number of aromatic nitrogens is 1. The maximum atomic E-state index is 6.17. The zero-order valence-electron chi connectivity index (χ0n) is 13.5. The van der Waals surface area contributed by atoms with Crippen LogP contribution < -0.4 is 10.1 Å². The second kappa shape index (κ2) is 7.99. The summed E-state index contributed by atoms with van der Waals surface area (Å²) in [5.41, 5.74) is 2.04. The van der Waals surface area contributed by atoms with Gasteiger partial charge in [-0.2, -0.15) is 0 Å². The molecule has 24 heavy (non-hydrogen) atoms. The maximum Gasteiger partial charge on any atom is 0.213 e. The highest BCUT2D eigenvalue weighted by Gasteiger charge is 2.06. The lowest BCUT2D eigenvalue weighted by molar-refractivity contribution is 0.300. The summed E-state index contributed by atoms with van der Waals surface area (Å²) in [5.74, 6) is 2.33. The van der Waals surface area contributed by atoms with E-state index in [2.05, 4.69) is 10.3 Å². The summed E-state index contributed by atoms with van der Waals surface area (Å²) >= 11 is 6.17. The molecule has 3 aromatic rings. The Morgan fingerprint density at radius 1 is 1.17 bits per heavy atom. The van der Waals surface area contributed by atoms with E-state index in [0.717, 1.165) is 27.7 Å². The highest BCUT2D eigenvalue weighted by atomic mass is 35.5. The van der Waals surface area contributed by atoms with Crippen LogP contribution in [-0.2, 0) is 6.54 Å². The Morgan fingerprint density at radius 3 is 2.88 bits per heavy atom. The van der Waals surface area contributed by atoms with Crippen molar-refractivity contribution in [2.45, 2.75) is 13.5 Å². The molecule has 1 aromatic carbocycles. The van der Waals surface area contributed by atoms with E-state index in [1.54, 1.807) is 6.20 Å². The van der Waals surface area contributed by atoms with Crippen LogP contribution in [0.2, 0.25) is 5.02 Å². The quantitative estimate of drug-likeness (QED) is 0.643. The topological polar surface area (TPSA) is 47.3 Å². The Kier molecular flexibility index (Phi) is 5.51. The molecular weight excluding hydrogens is 324 g/mol. The van der Waals surface area contributed by atoms with Crippen LogP contribution in [0, 0.1) is 6.92 Å². The Morgan fingerprint density at radius 2 is 2.08 bits per heavy atom. The predicted molar refractivity (Wildman–Crippen MR) is 95.3 cm³/mol. The van der Waals surface area contributed by atoms with Gasteiger partial charge in [-0.15, -0.1) is 0 Å². The Balaban J connectivity index is 1.47. The molecule has 3 rings (SSSR count). The second-order valence-electron chi connectivity index (χ2n) is 5.42. The number of aryl methyl sites for hydroxylation is 1. The van der Waals surface area contributed by atoms with Crippen molar-refractivity contribution in [3.63, 3.8) is 0 Å². The molecule has 0 atom stereocenters. The van der Waals surface area contributed by atoms with Crippen molar-refractivity contribution in [1.82, 2.24) is 10.3 Å². The molecule has 124 valence electrons. The van der Waals surface area contributed by atoms with E-state index >= 15 is 0 Å². The molecule has 2 heterocycles. The van der Waals surface area contributed by atoms with Crippen LogP contribution in [0.4, 0.5) is 0 Å². The number of nitrogens with one attached hydrogen (secondary N) is 1. The van der Waals surface area contributed by atoms with Gasteiger partial charge in [0.25, 0.3) is 0 Å². The van der Waals surface area contributed by atoms with Gasteiger partial charge >= 0.3 is 0 Å². The van der Waals surface area contributed by atoms with Gasteiger partial charge in [0, 0.05) is 29.4 Å². The summed E-state index contributed by atoms with van der Waals surface area (Å²) in [7, 11) is 0. The molecule has 5 heteroatoms. The van der Waals surface area contributed by atoms with Gasteiger partial charge in [0.1, 0.15) is 18.1 Å². The Labute approximate surface area is 146 Å². The van der Waals surface area contributed by atoms with Crippen molar-refractivity contribution in [1.29, 1.82) is 0 Å². The number of nitrogens with zero attached hydrogens (tertiary/aromatic N) is 1. The van der Waals surface area contributed by atoms with Gasteiger partial charge < -0.3 is 14.5 Å². The van der Waals surface area contributed by atoms with E-state index < -0.39 is 0 Å². The minimum Gasteiger partial charge on any atom is -0.476 e. The second-order valence-corrected chi connectivity index (χ2v) is 5.83. The monoisotopic (exact) mass is 342 g/mol. The van der Waals surface area contributed by atoms with Gasteiger partial charge in [-0.1, -0.05) is 29.8 Å². The van der Waals surface area contributed by atoms with Gasteiger partial charge in [0.05, 0.1) is 6.54 Å². The molecule has 0 aliphatic rings. The van der Waals surface area contributed by atoms with Crippen LogP contribution in [0.5, 0.6) is 5.88 Å². The van der Waals surface area contributed by atoms with E-state index in [0.29, 0.717) is 25.6 Å². The summed E-state index contributed by atoms with van der Waals surface area (Å²) in [5, 5.41) is 4.03. The van der Waals surface area contributed by atoms with E-state index in [1.807, 2.05) is 55.5 Å². The van der Waals surface area contributed by atoms with Gasteiger partial charge in [0.15, 0.2) is 0 Å². The van der Waals surface area contributed by atoms with E-state index in [9.17, 15) is 0 Å². The third kappa shape index (κ3) is 4.37. The van der Waals surface area contributed by atoms with E-state index in [-0.39, 0.29) is 0 Å². The SMILES string of the molecule is Cc1ccc(-c2ccc(CNCCOc3ccccn3)o2)cc1Cl. The number of furan rings is 1. The fourth-order valence-corrected chi connectivity index (χ4v) is 2.43. The number of benzene rings is 1. The molecule has 0 saturated carbocycles. The molecule has 0 unspecified atom stereocenters. The minimum atomic E-state index is 0.554. The van der Waals surface area contributed by atoms with Crippen LogP contribution >= 0.6 is 11.6 Å². The zero-order valence-corrected chi connectivity index (χ0v) is 14.2. The first-order valence-electron chi connectivity index (χ1n) is 7.82. The normalized spacial score (nSPS) is 10.8. The number of pyridine rings is 1. The molecule has 2 aromatic heterocycles. The number of ether oxygens (including phenoxy) is 1. The first kappa shape index (κ1) is 16.6. The molecule has 0 saturated heterocycles. The Hall–Kier alpha value is -2.30. The predicted octanol–water partition coefficient (Wildman–Crippen LogP) is 4.47. The minimum absolute atomic E-state index is 0.554. The molecule has 0 radical (unpaired) electrons. The molecular formula is C19H19ClN2O2. The molecule has 0 spiro atoms. The first-order chi connectivity index (χ1) is 11.7. The van der Waals surface area contributed by atoms with Crippen LogP contribution in [0.15, 0.2) is 59.1 Å². The van der Waals surface area contributed by atoms with Gasteiger partial charge in [-0.25, -0.2) is 4.98 Å². The van der Waals surface area contributed by atoms with Crippen LogP contribution in [0.3, 0.4) is 0 Å². The third-order valence-electron chi connectivity index (χ3n) is 3.58. The lowest BCUT2D eigenvalue weighted by Crippen LogP contribution is -2.20. The third-order valence-corrected chi connectivity index (χ3v) is 3.99. The molecule has 1 N–H and O–H groups in total. The average Bonchev–Trinajstić information content (AvgIpc) is 3.07. The van der Waals surface area contributed by atoms with Gasteiger partial charge in [-0.05, 0) is 36.8 Å². The maximum absolute atomic E-state index is 6.17. The molecule has 0 aliphatic carbocycles. The van der Waals surface area contributed by atoms with Gasteiger partial charge in [-0.3, -0.25) is 0 Å². The smallest absolute Gasteiger partial charge is 0.213 e. The molecule has 0 fully saturated rings. The van der Waals surface area contributed by atoms with Crippen molar-refractivity contribution < 1.29 is 9.15 Å². The van der Waals surface area contributed by atoms with Crippen molar-refractivity contribution in [2.75, 3.05) is 13.2 Å². The van der Waals surface area contributed by atoms with E-state index in [4.69, 9.17) is 20.8 Å². The number of hydrogen-bond donors (Lipinski definition) is 1. The summed E-state index contributed by atoms with van der Waals surface area (Å²) in [6, 6.07) is 15.5. The summed E-state index contributed by atoms with van der Waals surface area (Å²) in [6.07, 6.45) is 1.71. The fourth-order valence-electron chi connectivity index (χ4n) is 2.25. The molecule has 4 nitrogen and oxygen atoms in total. The van der Waals surface area contributed by atoms with Crippen LogP contribution in [-0.4, -0.2) is 18.1 Å². The standard InChI is InChI=1S/C19H19ClN2O2/c1-14-5-6-15(12-17(14)20)18-8-7-16(24-18)13-21-10-11-23-19-4-2-3-9-22-19/h2-9,12,21H,10-11,13H2,1H3. The van der Waals surface area contributed by atoms with E-state index in [1.165, 1.54) is 0 Å². The highest BCUT2D eigenvalue weighted by Crippen LogP contribution is 2.26. The van der Waals surface area contributed by atoms with Crippen molar-refractivity contribution in [2.24, 2.45) is 0 Å². The van der Waals surface area contributed by atoms with Crippen molar-refractivity contribution in [3.8, 4) is 17.2 Å². The zero-order chi connectivity index (χ0) is 16.8. The number of hydrogen-bond acceptors (Lipinski definition) is 4. The highest BCUT2D eigenvalue weighted by molar-refractivity contribution is 6.31. The fraction of sp³-hybridized carbons (Fsp3) is 0.211. The average molecular weight is 343 g/mol. The van der Waals surface area contributed by atoms with Crippen molar-refractivity contribution >= 4 is 11.6 Å². The lowest BCUT2D eigenvalue weighted by atomic mass is 10.1. The summed E-state index contributed by atoms with van der Waals surface area (Å²) in [4.78, 5) is 4.11. The molecule has 0 bridgehead atoms. The molecule has 0 aliphatic heterocycles. The van der Waals surface area contributed by atoms with Crippen LogP contribution in [0.1, 0.15) is 11.3 Å². The lowest BCUT2D eigenvalue weighted by Gasteiger charge is -2.05. The van der Waals surface area contributed by atoms with Crippen LogP contribution in [0.25, 0.3) is 11.3 Å². The Bertz CT molecular complexity index is 787. The largest absolute Gasteiger partial charge is 0.476 e. The van der Waals surface area contributed by atoms with Gasteiger partial charge in [0.2, 0.25) is 5.88 Å². The molecule has 0 amide bonds.